The molecule has 0 radical (unpaired) electrons. The number of anilines is 1. The molecule has 1 saturated heterocycles. The Morgan fingerprint density at radius 3 is 2.64 bits per heavy atom. The van der Waals surface area contributed by atoms with Crippen molar-refractivity contribution in [3.8, 4) is 0 Å². The minimum Gasteiger partial charge on any atom is -0.339 e. The Kier molecular flexibility index (Phi) is 4.29. The highest BCUT2D eigenvalue weighted by molar-refractivity contribution is 5.84. The number of halogens is 1. The molecule has 1 atom stereocenters. The zero-order chi connectivity index (χ0) is 17.2. The van der Waals surface area contributed by atoms with E-state index in [1.807, 2.05) is 15.9 Å². The van der Waals surface area contributed by atoms with Gasteiger partial charge in [0.25, 0.3) is 0 Å². The molecule has 1 aliphatic carbocycles. The smallest absolute Gasteiger partial charge is 0.231 e. The molecule has 7 heteroatoms. The number of nitrogens with zero attached hydrogens (tertiary/aromatic N) is 5. The molecule has 1 amide bonds. The maximum absolute atomic E-state index is 13.0. The number of hydrogen-bond donors (Lipinski definition) is 0. The van der Waals surface area contributed by atoms with Crippen molar-refractivity contribution >= 4 is 11.9 Å². The van der Waals surface area contributed by atoms with E-state index in [1.165, 1.54) is 18.0 Å². The summed E-state index contributed by atoms with van der Waals surface area (Å²) in [7, 11) is 0. The standard InChI is InChI=1S/C18H20FN5O/c19-14-11-21-18(22-12-14)24-9-7-23(8-10-24)17(25)15-5-1-3-13-4-2-6-20-16(13)15/h2,4,6,11-12,15H,1,3,5,7-10H2. The lowest BCUT2D eigenvalue weighted by Gasteiger charge is -2.37. The van der Waals surface area contributed by atoms with Crippen LogP contribution in [0.25, 0.3) is 0 Å². The number of amides is 1. The number of aromatic nitrogens is 3. The molecule has 130 valence electrons. The number of hydrogen-bond acceptors (Lipinski definition) is 5. The van der Waals surface area contributed by atoms with Crippen molar-refractivity contribution < 1.29 is 9.18 Å². The summed E-state index contributed by atoms with van der Waals surface area (Å²) in [6.45, 7) is 2.55. The average Bonchev–Trinajstić information content (AvgIpc) is 2.68. The van der Waals surface area contributed by atoms with Crippen LogP contribution in [0.15, 0.2) is 30.7 Å². The van der Waals surface area contributed by atoms with E-state index in [0.717, 1.165) is 25.0 Å². The summed E-state index contributed by atoms with van der Waals surface area (Å²) in [5.41, 5.74) is 2.15. The third-order valence-corrected chi connectivity index (χ3v) is 4.97. The quantitative estimate of drug-likeness (QED) is 0.833. The molecule has 0 saturated carbocycles. The van der Waals surface area contributed by atoms with Crippen LogP contribution in [0, 0.1) is 5.82 Å². The van der Waals surface area contributed by atoms with Crippen molar-refractivity contribution in [2.24, 2.45) is 0 Å². The van der Waals surface area contributed by atoms with Gasteiger partial charge in [-0.1, -0.05) is 6.07 Å². The molecule has 0 spiro atoms. The lowest BCUT2D eigenvalue weighted by molar-refractivity contribution is -0.133. The van der Waals surface area contributed by atoms with Crippen LogP contribution in [0.1, 0.15) is 30.0 Å². The molecular formula is C18H20FN5O. The lowest BCUT2D eigenvalue weighted by atomic mass is 9.85. The minimum atomic E-state index is -0.443. The van der Waals surface area contributed by atoms with E-state index >= 15 is 0 Å². The van der Waals surface area contributed by atoms with Gasteiger partial charge >= 0.3 is 0 Å². The van der Waals surface area contributed by atoms with E-state index in [4.69, 9.17) is 0 Å². The van der Waals surface area contributed by atoms with Gasteiger partial charge in [0, 0.05) is 32.4 Å². The Morgan fingerprint density at radius 2 is 1.88 bits per heavy atom. The first-order valence-electron chi connectivity index (χ1n) is 8.67. The number of piperazine rings is 1. The summed E-state index contributed by atoms with van der Waals surface area (Å²) in [6, 6.07) is 4.01. The molecule has 0 N–H and O–H groups in total. The number of pyridine rings is 1. The van der Waals surface area contributed by atoms with Crippen LogP contribution in [0.5, 0.6) is 0 Å². The summed E-state index contributed by atoms with van der Waals surface area (Å²) in [5.74, 6) is 0.108. The largest absolute Gasteiger partial charge is 0.339 e. The van der Waals surface area contributed by atoms with E-state index in [2.05, 4.69) is 21.0 Å². The SMILES string of the molecule is O=C(C1CCCc2cccnc21)N1CCN(c2ncc(F)cn2)CC1. The zero-order valence-corrected chi connectivity index (χ0v) is 13.9. The first-order valence-corrected chi connectivity index (χ1v) is 8.67. The molecule has 4 rings (SSSR count). The highest BCUT2D eigenvalue weighted by atomic mass is 19.1. The van der Waals surface area contributed by atoms with Gasteiger partial charge in [-0.05, 0) is 30.9 Å². The molecular weight excluding hydrogens is 321 g/mol. The Balaban J connectivity index is 1.43. The van der Waals surface area contributed by atoms with Gasteiger partial charge < -0.3 is 9.80 Å². The summed E-state index contributed by atoms with van der Waals surface area (Å²) < 4.78 is 12.9. The average molecular weight is 341 g/mol. The van der Waals surface area contributed by atoms with Gasteiger partial charge in [0.1, 0.15) is 0 Å². The molecule has 2 aliphatic rings. The first kappa shape index (κ1) is 15.9. The van der Waals surface area contributed by atoms with E-state index in [0.29, 0.717) is 32.1 Å². The Labute approximate surface area is 145 Å². The fraction of sp³-hybridized carbons (Fsp3) is 0.444. The van der Waals surface area contributed by atoms with Crippen molar-refractivity contribution in [1.82, 2.24) is 19.9 Å². The third kappa shape index (κ3) is 3.18. The maximum atomic E-state index is 13.0. The van der Waals surface area contributed by atoms with Crippen LogP contribution < -0.4 is 4.90 Å². The Morgan fingerprint density at radius 1 is 1.12 bits per heavy atom. The molecule has 1 fully saturated rings. The highest BCUT2D eigenvalue weighted by Crippen LogP contribution is 2.31. The van der Waals surface area contributed by atoms with Crippen molar-refractivity contribution in [1.29, 1.82) is 0 Å². The predicted octanol–water partition coefficient (Wildman–Crippen LogP) is 1.78. The van der Waals surface area contributed by atoms with E-state index in [9.17, 15) is 9.18 Å². The van der Waals surface area contributed by atoms with Crippen molar-refractivity contribution in [3.63, 3.8) is 0 Å². The van der Waals surface area contributed by atoms with Gasteiger partial charge in [0.15, 0.2) is 5.82 Å². The third-order valence-electron chi connectivity index (χ3n) is 4.97. The monoisotopic (exact) mass is 341 g/mol. The Hall–Kier alpha value is -2.57. The van der Waals surface area contributed by atoms with E-state index < -0.39 is 5.82 Å². The van der Waals surface area contributed by atoms with Crippen LogP contribution in [-0.4, -0.2) is 51.9 Å². The number of aryl methyl sites for hydroxylation is 1. The molecule has 1 unspecified atom stereocenters. The molecule has 0 bridgehead atoms. The van der Waals surface area contributed by atoms with Crippen molar-refractivity contribution in [2.45, 2.75) is 25.2 Å². The molecule has 0 aromatic carbocycles. The van der Waals surface area contributed by atoms with Crippen molar-refractivity contribution in [2.75, 3.05) is 31.1 Å². The van der Waals surface area contributed by atoms with E-state index in [1.54, 1.807) is 6.20 Å². The summed E-state index contributed by atoms with van der Waals surface area (Å²) in [5, 5.41) is 0. The molecule has 3 heterocycles. The lowest BCUT2D eigenvalue weighted by Crippen LogP contribution is -2.50. The number of carbonyl (C=O) groups excluding carboxylic acids is 1. The second kappa shape index (κ2) is 6.74. The first-order chi connectivity index (χ1) is 12.2. The summed E-state index contributed by atoms with van der Waals surface area (Å²) >= 11 is 0. The van der Waals surface area contributed by atoms with Gasteiger partial charge in [-0.3, -0.25) is 9.78 Å². The van der Waals surface area contributed by atoms with Crippen LogP contribution >= 0.6 is 0 Å². The molecule has 6 nitrogen and oxygen atoms in total. The maximum Gasteiger partial charge on any atom is 0.231 e. The van der Waals surface area contributed by atoms with Crippen LogP contribution in [0.2, 0.25) is 0 Å². The molecule has 2 aromatic heterocycles. The number of carbonyl (C=O) groups is 1. The van der Waals surface area contributed by atoms with Crippen LogP contribution in [-0.2, 0) is 11.2 Å². The van der Waals surface area contributed by atoms with Crippen molar-refractivity contribution in [3.05, 3.63) is 47.8 Å². The minimum absolute atomic E-state index is 0.126. The molecule has 2 aromatic rings. The Bertz CT molecular complexity index is 758. The summed E-state index contributed by atoms with van der Waals surface area (Å²) in [6.07, 6.45) is 7.01. The summed E-state index contributed by atoms with van der Waals surface area (Å²) in [4.78, 5) is 29.4. The predicted molar refractivity (Wildman–Crippen MR) is 90.7 cm³/mol. The second-order valence-electron chi connectivity index (χ2n) is 6.51. The number of fused-ring (bicyclic) bond motifs is 1. The fourth-order valence-corrected chi connectivity index (χ4v) is 3.67. The number of rotatable bonds is 2. The molecule has 1 aliphatic heterocycles. The van der Waals surface area contributed by atoms with Gasteiger partial charge in [-0.25, -0.2) is 14.4 Å². The van der Waals surface area contributed by atoms with Crippen LogP contribution in [0.3, 0.4) is 0 Å². The van der Waals surface area contributed by atoms with Gasteiger partial charge in [-0.15, -0.1) is 0 Å². The highest BCUT2D eigenvalue weighted by Gasteiger charge is 2.32. The zero-order valence-electron chi connectivity index (χ0n) is 13.9. The van der Waals surface area contributed by atoms with Gasteiger partial charge in [-0.2, -0.15) is 0 Å². The normalized spacial score (nSPS) is 20.3. The van der Waals surface area contributed by atoms with Gasteiger partial charge in [0.05, 0.1) is 24.0 Å². The van der Waals surface area contributed by atoms with Crippen LogP contribution in [0.4, 0.5) is 10.3 Å². The van der Waals surface area contributed by atoms with Gasteiger partial charge in [0.2, 0.25) is 11.9 Å². The topological polar surface area (TPSA) is 62.2 Å². The molecule has 25 heavy (non-hydrogen) atoms. The van der Waals surface area contributed by atoms with E-state index in [-0.39, 0.29) is 11.8 Å². The second-order valence-corrected chi connectivity index (χ2v) is 6.51. The fourth-order valence-electron chi connectivity index (χ4n) is 3.67.